The molecule has 0 saturated carbocycles. The Hall–Kier alpha value is -2.12. The van der Waals surface area contributed by atoms with Crippen molar-refractivity contribution in [2.45, 2.75) is 0 Å². The molecule has 1 heterocycles. The topological polar surface area (TPSA) is 102 Å². The number of piperazine rings is 1. The van der Waals surface area contributed by atoms with Crippen molar-refractivity contribution in [2.24, 2.45) is 0 Å². The van der Waals surface area contributed by atoms with Crippen molar-refractivity contribution in [2.75, 3.05) is 38.0 Å². The number of benzene rings is 1. The van der Waals surface area contributed by atoms with Gasteiger partial charge in [0, 0.05) is 26.2 Å². The third-order valence-electron chi connectivity index (χ3n) is 3.08. The molecule has 0 aliphatic carbocycles. The van der Waals surface area contributed by atoms with E-state index in [4.69, 9.17) is 5.11 Å². The Balaban J connectivity index is 2.01. The molecule has 20 heavy (non-hydrogen) atoms. The molecule has 7 heteroatoms. The summed E-state index contributed by atoms with van der Waals surface area (Å²) in [6, 6.07) is 3.84. The minimum absolute atomic E-state index is 0.126. The van der Waals surface area contributed by atoms with Crippen LogP contribution in [0.25, 0.3) is 0 Å². The molecule has 7 nitrogen and oxygen atoms in total. The maximum absolute atomic E-state index is 11.9. The predicted octanol–water partition coefficient (Wildman–Crippen LogP) is -0.0659. The standard InChI is InChI=1S/C13H17N3O4/c17-9-1-2-11(10(7-9)13(19)20)15-12(18)8-16-5-3-14-4-6-16/h1-2,7,14,17H,3-6,8H2,(H,15,18)(H,19,20). The number of carbonyl (C=O) groups is 2. The fraction of sp³-hybridized carbons (Fsp3) is 0.385. The molecule has 0 aromatic heterocycles. The molecule has 1 aliphatic heterocycles. The molecule has 1 aliphatic rings. The summed E-state index contributed by atoms with van der Waals surface area (Å²) in [6.07, 6.45) is 0. The summed E-state index contributed by atoms with van der Waals surface area (Å²) in [5, 5.41) is 24.1. The maximum atomic E-state index is 11.9. The summed E-state index contributed by atoms with van der Waals surface area (Å²) in [4.78, 5) is 25.0. The van der Waals surface area contributed by atoms with Crippen LogP contribution in [0.2, 0.25) is 0 Å². The zero-order valence-electron chi connectivity index (χ0n) is 10.9. The number of nitrogens with zero attached hydrogens (tertiary/aromatic N) is 1. The molecule has 0 spiro atoms. The lowest BCUT2D eigenvalue weighted by Crippen LogP contribution is -2.46. The van der Waals surface area contributed by atoms with Crippen LogP contribution in [0, 0.1) is 0 Å². The molecule has 1 aromatic rings. The van der Waals surface area contributed by atoms with Crippen molar-refractivity contribution >= 4 is 17.6 Å². The quantitative estimate of drug-likeness (QED) is 0.576. The van der Waals surface area contributed by atoms with Crippen molar-refractivity contribution in [3.8, 4) is 5.75 Å². The number of anilines is 1. The zero-order chi connectivity index (χ0) is 14.5. The fourth-order valence-corrected chi connectivity index (χ4v) is 2.08. The van der Waals surface area contributed by atoms with Gasteiger partial charge in [0.05, 0.1) is 17.8 Å². The number of carboxylic acid groups (broad SMARTS) is 1. The van der Waals surface area contributed by atoms with E-state index in [1.54, 1.807) is 0 Å². The maximum Gasteiger partial charge on any atom is 0.337 e. The lowest BCUT2D eigenvalue weighted by Gasteiger charge is -2.26. The molecule has 108 valence electrons. The Kier molecular flexibility index (Phi) is 4.54. The highest BCUT2D eigenvalue weighted by Crippen LogP contribution is 2.21. The Morgan fingerprint density at radius 3 is 2.65 bits per heavy atom. The summed E-state index contributed by atoms with van der Waals surface area (Å²) in [7, 11) is 0. The minimum Gasteiger partial charge on any atom is -0.508 e. The molecule has 4 N–H and O–H groups in total. The van der Waals surface area contributed by atoms with Gasteiger partial charge in [-0.25, -0.2) is 4.79 Å². The van der Waals surface area contributed by atoms with Crippen LogP contribution < -0.4 is 10.6 Å². The highest BCUT2D eigenvalue weighted by Gasteiger charge is 2.16. The molecule has 0 atom stereocenters. The van der Waals surface area contributed by atoms with Gasteiger partial charge in [0.2, 0.25) is 5.91 Å². The first-order chi connectivity index (χ1) is 9.56. The molecule has 0 radical (unpaired) electrons. The third kappa shape index (κ3) is 3.69. The van der Waals surface area contributed by atoms with Gasteiger partial charge in [-0.05, 0) is 18.2 Å². The minimum atomic E-state index is -1.20. The van der Waals surface area contributed by atoms with E-state index in [-0.39, 0.29) is 29.5 Å². The van der Waals surface area contributed by atoms with Gasteiger partial charge in [-0.2, -0.15) is 0 Å². The number of phenolic OH excluding ortho intramolecular Hbond substituents is 1. The second-order valence-electron chi connectivity index (χ2n) is 4.61. The van der Waals surface area contributed by atoms with Crippen LogP contribution in [0.15, 0.2) is 18.2 Å². The van der Waals surface area contributed by atoms with Crippen LogP contribution in [0.1, 0.15) is 10.4 Å². The number of aromatic carboxylic acids is 1. The van der Waals surface area contributed by atoms with Gasteiger partial charge in [-0.15, -0.1) is 0 Å². The Labute approximate surface area is 116 Å². The first kappa shape index (κ1) is 14.3. The molecular weight excluding hydrogens is 262 g/mol. The van der Waals surface area contributed by atoms with Crippen LogP contribution in [0.5, 0.6) is 5.75 Å². The van der Waals surface area contributed by atoms with Crippen LogP contribution in [0.3, 0.4) is 0 Å². The summed E-state index contributed by atoms with van der Waals surface area (Å²) in [5.41, 5.74) is 0.0640. The molecule has 1 fully saturated rings. The Morgan fingerprint density at radius 2 is 2.00 bits per heavy atom. The summed E-state index contributed by atoms with van der Waals surface area (Å²) in [5.74, 6) is -1.61. The summed E-state index contributed by atoms with van der Waals surface area (Å²) < 4.78 is 0. The van der Waals surface area contributed by atoms with Gasteiger partial charge < -0.3 is 20.8 Å². The Bertz CT molecular complexity index is 512. The second kappa shape index (κ2) is 6.36. The van der Waals surface area contributed by atoms with Crippen LogP contribution >= 0.6 is 0 Å². The normalized spacial score (nSPS) is 15.8. The SMILES string of the molecule is O=C(CN1CCNCC1)Nc1ccc(O)cc1C(=O)O. The number of aromatic hydroxyl groups is 1. The summed E-state index contributed by atoms with van der Waals surface area (Å²) in [6.45, 7) is 3.48. The third-order valence-corrected chi connectivity index (χ3v) is 3.08. The lowest BCUT2D eigenvalue weighted by molar-refractivity contribution is -0.117. The average molecular weight is 279 g/mol. The van der Waals surface area contributed by atoms with Gasteiger partial charge in [0.1, 0.15) is 5.75 Å². The first-order valence-electron chi connectivity index (χ1n) is 6.35. The van der Waals surface area contributed by atoms with E-state index >= 15 is 0 Å². The first-order valence-corrected chi connectivity index (χ1v) is 6.35. The van der Waals surface area contributed by atoms with Gasteiger partial charge in [0.15, 0.2) is 0 Å². The van der Waals surface area contributed by atoms with Crippen molar-refractivity contribution in [1.29, 1.82) is 0 Å². The average Bonchev–Trinajstić information content (AvgIpc) is 2.41. The number of hydrogen-bond donors (Lipinski definition) is 4. The van der Waals surface area contributed by atoms with Crippen LogP contribution in [-0.4, -0.2) is 59.7 Å². The van der Waals surface area contributed by atoms with Crippen molar-refractivity contribution in [3.63, 3.8) is 0 Å². The van der Waals surface area contributed by atoms with Crippen LogP contribution in [-0.2, 0) is 4.79 Å². The highest BCUT2D eigenvalue weighted by atomic mass is 16.4. The largest absolute Gasteiger partial charge is 0.508 e. The molecular formula is C13H17N3O4. The molecule has 0 bridgehead atoms. The van der Waals surface area contributed by atoms with Gasteiger partial charge >= 0.3 is 5.97 Å². The van der Waals surface area contributed by atoms with Gasteiger partial charge in [-0.3, -0.25) is 9.69 Å². The summed E-state index contributed by atoms with van der Waals surface area (Å²) >= 11 is 0. The molecule has 1 saturated heterocycles. The molecule has 1 amide bonds. The smallest absolute Gasteiger partial charge is 0.337 e. The van der Waals surface area contributed by atoms with Gasteiger partial charge in [0.25, 0.3) is 0 Å². The number of amides is 1. The monoisotopic (exact) mass is 279 g/mol. The fourth-order valence-electron chi connectivity index (χ4n) is 2.08. The van der Waals surface area contributed by atoms with Gasteiger partial charge in [-0.1, -0.05) is 0 Å². The second-order valence-corrected chi connectivity index (χ2v) is 4.61. The van der Waals surface area contributed by atoms with E-state index in [0.717, 1.165) is 32.2 Å². The van der Waals surface area contributed by atoms with Crippen LogP contribution in [0.4, 0.5) is 5.69 Å². The van der Waals surface area contributed by atoms with Crippen molar-refractivity contribution < 1.29 is 19.8 Å². The molecule has 2 rings (SSSR count). The van der Waals surface area contributed by atoms with E-state index in [2.05, 4.69) is 10.6 Å². The van der Waals surface area contributed by atoms with Crippen molar-refractivity contribution in [3.05, 3.63) is 23.8 Å². The number of carbonyl (C=O) groups excluding carboxylic acids is 1. The van der Waals surface area contributed by atoms with Crippen molar-refractivity contribution in [1.82, 2.24) is 10.2 Å². The number of hydrogen-bond acceptors (Lipinski definition) is 5. The Morgan fingerprint density at radius 1 is 1.30 bits per heavy atom. The highest BCUT2D eigenvalue weighted by molar-refractivity contribution is 6.01. The number of phenols is 1. The number of carboxylic acids is 1. The van der Waals surface area contributed by atoms with E-state index < -0.39 is 5.97 Å². The zero-order valence-corrected chi connectivity index (χ0v) is 10.9. The number of nitrogens with one attached hydrogen (secondary N) is 2. The predicted molar refractivity (Wildman–Crippen MR) is 73.0 cm³/mol. The number of rotatable bonds is 4. The van der Waals surface area contributed by atoms with E-state index in [1.807, 2.05) is 4.90 Å². The molecule has 1 aromatic carbocycles. The molecule has 0 unspecified atom stereocenters. The van der Waals surface area contributed by atoms with E-state index in [9.17, 15) is 14.7 Å². The van der Waals surface area contributed by atoms with E-state index in [1.165, 1.54) is 12.1 Å². The lowest BCUT2D eigenvalue weighted by atomic mass is 10.1. The van der Waals surface area contributed by atoms with E-state index in [0.29, 0.717) is 0 Å².